The summed E-state index contributed by atoms with van der Waals surface area (Å²) in [6.45, 7) is 2.25. The van der Waals surface area contributed by atoms with Crippen LogP contribution in [0.25, 0.3) is 6.08 Å². The summed E-state index contributed by atoms with van der Waals surface area (Å²) in [6, 6.07) is 16.3. The molecule has 1 aliphatic rings. The minimum atomic E-state index is -0.888. The number of carbonyl (C=O) groups excluding carboxylic acids is 3. The van der Waals surface area contributed by atoms with Gasteiger partial charge in [-0.25, -0.2) is 9.69 Å². The van der Waals surface area contributed by atoms with Crippen molar-refractivity contribution in [1.29, 1.82) is 0 Å². The third-order valence-electron chi connectivity index (χ3n) is 5.26. The summed E-state index contributed by atoms with van der Waals surface area (Å²) in [5, 5.41) is 2.61. The van der Waals surface area contributed by atoms with Gasteiger partial charge in [0, 0.05) is 11.6 Å². The Kier molecular flexibility index (Phi) is 7.10. The zero-order valence-corrected chi connectivity index (χ0v) is 20.3. The first-order valence-electron chi connectivity index (χ1n) is 10.5. The number of imide groups is 2. The van der Waals surface area contributed by atoms with Gasteiger partial charge >= 0.3 is 6.03 Å². The number of methoxy groups -OCH3 is 1. The fraction of sp³-hybridized carbons (Fsp3) is 0.115. The van der Waals surface area contributed by atoms with Crippen molar-refractivity contribution < 1.29 is 23.9 Å². The van der Waals surface area contributed by atoms with E-state index in [4.69, 9.17) is 32.7 Å². The number of nitrogens with zero attached hydrogens (tertiary/aromatic N) is 1. The highest BCUT2D eigenvalue weighted by Crippen LogP contribution is 2.31. The van der Waals surface area contributed by atoms with E-state index in [0.717, 1.165) is 16.0 Å². The Balaban J connectivity index is 1.69. The van der Waals surface area contributed by atoms with E-state index in [-0.39, 0.29) is 27.9 Å². The summed E-state index contributed by atoms with van der Waals surface area (Å²) in [5.74, 6) is -0.690. The molecule has 0 aliphatic carbocycles. The van der Waals surface area contributed by atoms with Crippen molar-refractivity contribution in [3.05, 3.63) is 93.0 Å². The third-order valence-corrected chi connectivity index (χ3v) is 6.00. The van der Waals surface area contributed by atoms with Crippen LogP contribution in [0.15, 0.2) is 66.2 Å². The molecule has 1 heterocycles. The molecule has 9 heteroatoms. The molecule has 0 atom stereocenters. The van der Waals surface area contributed by atoms with Gasteiger partial charge in [-0.1, -0.05) is 53.0 Å². The molecule has 0 unspecified atom stereocenters. The second-order valence-corrected chi connectivity index (χ2v) is 8.55. The summed E-state index contributed by atoms with van der Waals surface area (Å²) >= 11 is 12.0. The number of barbiturate groups is 1. The average Bonchev–Trinajstić information content (AvgIpc) is 2.83. The van der Waals surface area contributed by atoms with Crippen LogP contribution < -0.4 is 19.7 Å². The maximum atomic E-state index is 13.2. The third kappa shape index (κ3) is 5.31. The second-order valence-electron chi connectivity index (χ2n) is 7.74. The van der Waals surface area contributed by atoms with Crippen LogP contribution in [0.1, 0.15) is 16.7 Å². The number of carbonyl (C=O) groups is 3. The summed E-state index contributed by atoms with van der Waals surface area (Å²) in [5.41, 5.74) is 2.43. The van der Waals surface area contributed by atoms with Crippen molar-refractivity contribution in [2.75, 3.05) is 12.0 Å². The number of rotatable bonds is 6. The largest absolute Gasteiger partial charge is 0.497 e. The van der Waals surface area contributed by atoms with Crippen molar-refractivity contribution in [1.82, 2.24) is 5.32 Å². The number of ether oxygens (including phenoxy) is 2. The molecule has 178 valence electrons. The molecule has 1 N–H and O–H groups in total. The minimum Gasteiger partial charge on any atom is -0.497 e. The number of urea groups is 1. The fourth-order valence-corrected chi connectivity index (χ4v) is 3.81. The van der Waals surface area contributed by atoms with Gasteiger partial charge in [-0.05, 0) is 48.9 Å². The van der Waals surface area contributed by atoms with E-state index in [1.807, 2.05) is 31.2 Å². The molecule has 3 aromatic rings. The lowest BCUT2D eigenvalue weighted by Crippen LogP contribution is -2.54. The van der Waals surface area contributed by atoms with Gasteiger partial charge in [0.1, 0.15) is 23.7 Å². The first kappa shape index (κ1) is 24.3. The van der Waals surface area contributed by atoms with Crippen molar-refractivity contribution >= 4 is 52.8 Å². The minimum absolute atomic E-state index is 0.161. The SMILES string of the molecule is COc1ccc(/C=C2\C(=O)NC(=O)N(c3ccc(Cl)c(Cl)c3)C2=O)c(OCc2cccc(C)c2)c1. The van der Waals surface area contributed by atoms with Gasteiger partial charge < -0.3 is 9.47 Å². The molecule has 4 amide bonds. The van der Waals surface area contributed by atoms with Gasteiger partial charge in [0.25, 0.3) is 11.8 Å². The van der Waals surface area contributed by atoms with Crippen LogP contribution in [-0.4, -0.2) is 25.0 Å². The Hall–Kier alpha value is -3.81. The molecule has 0 saturated carbocycles. The Morgan fingerprint density at radius 2 is 1.77 bits per heavy atom. The molecule has 3 aromatic carbocycles. The van der Waals surface area contributed by atoms with Gasteiger partial charge in [0.2, 0.25) is 0 Å². The predicted molar refractivity (Wildman–Crippen MR) is 134 cm³/mol. The lowest BCUT2D eigenvalue weighted by atomic mass is 10.1. The molecule has 1 saturated heterocycles. The highest BCUT2D eigenvalue weighted by atomic mass is 35.5. The molecule has 0 radical (unpaired) electrons. The Morgan fingerprint density at radius 1 is 0.971 bits per heavy atom. The molecule has 35 heavy (non-hydrogen) atoms. The fourth-order valence-electron chi connectivity index (χ4n) is 3.52. The van der Waals surface area contributed by atoms with Crippen LogP contribution in [-0.2, 0) is 16.2 Å². The van der Waals surface area contributed by atoms with E-state index in [9.17, 15) is 14.4 Å². The second kappa shape index (κ2) is 10.2. The summed E-state index contributed by atoms with van der Waals surface area (Å²) in [4.78, 5) is 39.1. The number of benzene rings is 3. The van der Waals surface area contributed by atoms with Crippen LogP contribution in [0, 0.1) is 6.92 Å². The standard InChI is InChI=1S/C26H20Cl2N2O5/c1-15-4-3-5-16(10-15)14-35-23-13-19(34-2)8-6-17(23)11-20-24(31)29-26(33)30(25(20)32)18-7-9-21(27)22(28)12-18/h3-13H,14H2,1-2H3,(H,29,31,33)/b20-11+. The van der Waals surface area contributed by atoms with Gasteiger partial charge in [0.05, 0.1) is 22.8 Å². The van der Waals surface area contributed by atoms with E-state index in [1.165, 1.54) is 31.4 Å². The molecule has 1 fully saturated rings. The van der Waals surface area contributed by atoms with Crippen LogP contribution in [0.2, 0.25) is 10.0 Å². The average molecular weight is 511 g/mol. The number of halogens is 2. The lowest BCUT2D eigenvalue weighted by molar-refractivity contribution is -0.122. The topological polar surface area (TPSA) is 84.9 Å². The van der Waals surface area contributed by atoms with Crippen LogP contribution in [0.4, 0.5) is 10.5 Å². The molecule has 0 aromatic heterocycles. The summed E-state index contributed by atoms with van der Waals surface area (Å²) < 4.78 is 11.3. The van der Waals surface area contributed by atoms with Crippen molar-refractivity contribution in [2.24, 2.45) is 0 Å². The van der Waals surface area contributed by atoms with E-state index < -0.39 is 17.8 Å². The number of nitrogens with one attached hydrogen (secondary N) is 1. The Morgan fingerprint density at radius 3 is 2.49 bits per heavy atom. The van der Waals surface area contributed by atoms with Crippen molar-refractivity contribution in [3.8, 4) is 11.5 Å². The zero-order valence-electron chi connectivity index (χ0n) is 18.8. The highest BCUT2D eigenvalue weighted by Gasteiger charge is 2.37. The first-order valence-corrected chi connectivity index (χ1v) is 11.3. The van der Waals surface area contributed by atoms with Gasteiger partial charge in [-0.3, -0.25) is 14.9 Å². The van der Waals surface area contributed by atoms with Crippen LogP contribution in [0.5, 0.6) is 11.5 Å². The van der Waals surface area contributed by atoms with Crippen molar-refractivity contribution in [2.45, 2.75) is 13.5 Å². The molecule has 0 spiro atoms. The highest BCUT2D eigenvalue weighted by molar-refractivity contribution is 6.43. The quantitative estimate of drug-likeness (QED) is 0.346. The first-order chi connectivity index (χ1) is 16.8. The molecular formula is C26H20Cl2N2O5. The van der Waals surface area contributed by atoms with Crippen LogP contribution in [0.3, 0.4) is 0 Å². The van der Waals surface area contributed by atoms with Gasteiger partial charge in [0.15, 0.2) is 0 Å². The van der Waals surface area contributed by atoms with E-state index in [2.05, 4.69) is 5.32 Å². The molecule has 0 bridgehead atoms. The molecule has 7 nitrogen and oxygen atoms in total. The van der Waals surface area contributed by atoms with Gasteiger partial charge in [-0.15, -0.1) is 0 Å². The normalized spacial score (nSPS) is 14.8. The molecule has 1 aliphatic heterocycles. The number of hydrogen-bond donors (Lipinski definition) is 1. The zero-order chi connectivity index (χ0) is 25.1. The van der Waals surface area contributed by atoms with E-state index >= 15 is 0 Å². The van der Waals surface area contributed by atoms with Crippen molar-refractivity contribution in [3.63, 3.8) is 0 Å². The summed E-state index contributed by atoms with van der Waals surface area (Å²) in [7, 11) is 1.52. The van der Waals surface area contributed by atoms with Crippen LogP contribution >= 0.6 is 23.2 Å². The summed E-state index contributed by atoms with van der Waals surface area (Å²) in [6.07, 6.45) is 1.37. The predicted octanol–water partition coefficient (Wildman–Crippen LogP) is 5.56. The number of anilines is 1. The molecule has 4 rings (SSSR count). The number of aryl methyl sites for hydroxylation is 1. The smallest absolute Gasteiger partial charge is 0.335 e. The monoisotopic (exact) mass is 510 g/mol. The Bertz CT molecular complexity index is 1370. The lowest BCUT2D eigenvalue weighted by Gasteiger charge is -2.26. The number of hydrogen-bond acceptors (Lipinski definition) is 5. The van der Waals surface area contributed by atoms with Gasteiger partial charge in [-0.2, -0.15) is 0 Å². The van der Waals surface area contributed by atoms with E-state index in [1.54, 1.807) is 18.2 Å². The van der Waals surface area contributed by atoms with E-state index in [0.29, 0.717) is 17.1 Å². The maximum Gasteiger partial charge on any atom is 0.335 e. The maximum absolute atomic E-state index is 13.2. The Labute approximate surface area is 211 Å². The number of amides is 4. The molecular weight excluding hydrogens is 491 g/mol.